The second-order valence-corrected chi connectivity index (χ2v) is 5.13. The molecule has 2 rings (SSSR count). The van der Waals surface area contributed by atoms with Crippen LogP contribution in [0.1, 0.15) is 24.2 Å². The van der Waals surface area contributed by atoms with E-state index in [0.717, 1.165) is 11.1 Å². The molecule has 0 radical (unpaired) electrons. The van der Waals surface area contributed by atoms with Crippen molar-refractivity contribution < 1.29 is 9.84 Å². The Balaban J connectivity index is 2.07. The molecular weight excluding hydrogens is 283 g/mol. The molecule has 19 heavy (non-hydrogen) atoms. The largest absolute Gasteiger partial charge is 0.487 e. The summed E-state index contributed by atoms with van der Waals surface area (Å²) in [6, 6.07) is 12.7. The van der Waals surface area contributed by atoms with Crippen LogP contribution in [0, 0.1) is 0 Å². The summed E-state index contributed by atoms with van der Waals surface area (Å²) in [5.41, 5.74) is 1.74. The molecule has 0 heterocycles. The van der Waals surface area contributed by atoms with Gasteiger partial charge in [0, 0.05) is 5.02 Å². The third-order valence-electron chi connectivity index (χ3n) is 2.72. The van der Waals surface area contributed by atoms with Crippen molar-refractivity contribution in [3.05, 3.63) is 63.6 Å². The lowest BCUT2D eigenvalue weighted by Gasteiger charge is -2.11. The number of hydrogen-bond acceptors (Lipinski definition) is 2. The molecule has 0 saturated heterocycles. The van der Waals surface area contributed by atoms with E-state index in [2.05, 4.69) is 0 Å². The predicted octanol–water partition coefficient (Wildman–Crippen LogP) is 4.63. The van der Waals surface area contributed by atoms with Gasteiger partial charge in [-0.1, -0.05) is 41.4 Å². The number of halogens is 2. The van der Waals surface area contributed by atoms with Gasteiger partial charge in [-0.25, -0.2) is 0 Å². The van der Waals surface area contributed by atoms with Gasteiger partial charge in [0.2, 0.25) is 0 Å². The standard InChI is InChI=1S/C15H14Cl2O2/c1-10(18)12-5-6-15(14(17)8-12)19-9-11-3-2-4-13(16)7-11/h2-8,10,18H,9H2,1H3/t10-/m0/s1. The first kappa shape index (κ1) is 14.2. The highest BCUT2D eigenvalue weighted by atomic mass is 35.5. The summed E-state index contributed by atoms with van der Waals surface area (Å²) in [4.78, 5) is 0. The number of ether oxygens (including phenoxy) is 1. The lowest BCUT2D eigenvalue weighted by molar-refractivity contribution is 0.199. The molecule has 2 nitrogen and oxygen atoms in total. The Morgan fingerprint density at radius 1 is 1.16 bits per heavy atom. The highest BCUT2D eigenvalue weighted by molar-refractivity contribution is 6.32. The monoisotopic (exact) mass is 296 g/mol. The minimum Gasteiger partial charge on any atom is -0.487 e. The smallest absolute Gasteiger partial charge is 0.138 e. The van der Waals surface area contributed by atoms with Gasteiger partial charge in [-0.05, 0) is 42.3 Å². The minimum atomic E-state index is -0.542. The van der Waals surface area contributed by atoms with Crippen LogP contribution in [0.5, 0.6) is 5.75 Å². The fourth-order valence-corrected chi connectivity index (χ4v) is 2.14. The summed E-state index contributed by atoms with van der Waals surface area (Å²) in [5, 5.41) is 10.6. The van der Waals surface area contributed by atoms with Gasteiger partial charge in [0.15, 0.2) is 0 Å². The second-order valence-electron chi connectivity index (χ2n) is 4.28. The molecule has 0 unspecified atom stereocenters. The lowest BCUT2D eigenvalue weighted by atomic mass is 10.1. The summed E-state index contributed by atoms with van der Waals surface area (Å²) in [6.07, 6.45) is -0.542. The van der Waals surface area contributed by atoms with Gasteiger partial charge in [0.25, 0.3) is 0 Å². The van der Waals surface area contributed by atoms with Crippen LogP contribution >= 0.6 is 23.2 Å². The van der Waals surface area contributed by atoms with Crippen molar-refractivity contribution in [3.63, 3.8) is 0 Å². The van der Waals surface area contributed by atoms with Crippen LogP contribution in [-0.4, -0.2) is 5.11 Å². The molecule has 0 aliphatic carbocycles. The number of hydrogen-bond donors (Lipinski definition) is 1. The normalized spacial score (nSPS) is 12.2. The lowest BCUT2D eigenvalue weighted by Crippen LogP contribution is -1.97. The van der Waals surface area contributed by atoms with E-state index < -0.39 is 6.10 Å². The first-order valence-electron chi connectivity index (χ1n) is 5.91. The molecule has 2 aromatic rings. The maximum Gasteiger partial charge on any atom is 0.138 e. The van der Waals surface area contributed by atoms with Gasteiger partial charge in [0.1, 0.15) is 12.4 Å². The van der Waals surface area contributed by atoms with Crippen LogP contribution in [0.2, 0.25) is 10.0 Å². The zero-order chi connectivity index (χ0) is 13.8. The Hall–Kier alpha value is -1.22. The van der Waals surface area contributed by atoms with E-state index in [1.165, 1.54) is 0 Å². The quantitative estimate of drug-likeness (QED) is 0.891. The molecule has 1 N–H and O–H groups in total. The van der Waals surface area contributed by atoms with Gasteiger partial charge in [0.05, 0.1) is 11.1 Å². The summed E-state index contributed by atoms with van der Waals surface area (Å²) < 4.78 is 5.64. The van der Waals surface area contributed by atoms with Crippen LogP contribution in [-0.2, 0) is 6.61 Å². The molecule has 0 amide bonds. The van der Waals surface area contributed by atoms with E-state index in [0.29, 0.717) is 22.4 Å². The third-order valence-corrected chi connectivity index (χ3v) is 3.25. The van der Waals surface area contributed by atoms with Crippen molar-refractivity contribution in [1.29, 1.82) is 0 Å². The topological polar surface area (TPSA) is 29.5 Å². The van der Waals surface area contributed by atoms with Crippen molar-refractivity contribution in [2.45, 2.75) is 19.6 Å². The second kappa shape index (κ2) is 6.29. The highest BCUT2D eigenvalue weighted by Gasteiger charge is 2.07. The van der Waals surface area contributed by atoms with Crippen molar-refractivity contribution in [1.82, 2.24) is 0 Å². The minimum absolute atomic E-state index is 0.397. The van der Waals surface area contributed by atoms with Gasteiger partial charge in [-0.2, -0.15) is 0 Å². The summed E-state index contributed by atoms with van der Waals surface area (Å²) in [6.45, 7) is 2.09. The fourth-order valence-electron chi connectivity index (χ4n) is 1.68. The summed E-state index contributed by atoms with van der Waals surface area (Å²) >= 11 is 12.0. The molecule has 0 aromatic heterocycles. The predicted molar refractivity (Wildman–Crippen MR) is 77.9 cm³/mol. The van der Waals surface area contributed by atoms with Crippen LogP contribution < -0.4 is 4.74 Å². The molecule has 0 spiro atoms. The molecule has 2 aromatic carbocycles. The maximum absolute atomic E-state index is 9.46. The Morgan fingerprint density at radius 3 is 2.58 bits per heavy atom. The molecule has 0 saturated carbocycles. The van der Waals surface area contributed by atoms with E-state index >= 15 is 0 Å². The zero-order valence-corrected chi connectivity index (χ0v) is 11.9. The molecular formula is C15H14Cl2O2. The number of benzene rings is 2. The Labute approximate surface area is 122 Å². The fraction of sp³-hybridized carbons (Fsp3) is 0.200. The average Bonchev–Trinajstić information content (AvgIpc) is 2.37. The zero-order valence-electron chi connectivity index (χ0n) is 10.4. The molecule has 4 heteroatoms. The van der Waals surface area contributed by atoms with Crippen LogP contribution in [0.3, 0.4) is 0 Å². The van der Waals surface area contributed by atoms with Crippen LogP contribution in [0.25, 0.3) is 0 Å². The first-order valence-corrected chi connectivity index (χ1v) is 6.66. The molecule has 0 aliphatic heterocycles. The molecule has 100 valence electrons. The molecule has 0 bridgehead atoms. The maximum atomic E-state index is 9.46. The summed E-state index contributed by atoms with van der Waals surface area (Å²) in [7, 11) is 0. The molecule has 0 fully saturated rings. The van der Waals surface area contributed by atoms with Crippen LogP contribution in [0.4, 0.5) is 0 Å². The Morgan fingerprint density at radius 2 is 1.95 bits per heavy atom. The van der Waals surface area contributed by atoms with Gasteiger partial charge >= 0.3 is 0 Å². The van der Waals surface area contributed by atoms with E-state index in [9.17, 15) is 5.11 Å². The first-order chi connectivity index (χ1) is 9.06. The SMILES string of the molecule is C[C@H](O)c1ccc(OCc2cccc(Cl)c2)c(Cl)c1. The van der Waals surface area contributed by atoms with E-state index in [1.54, 1.807) is 25.1 Å². The molecule has 0 aliphatic rings. The van der Waals surface area contributed by atoms with Crippen LogP contribution in [0.15, 0.2) is 42.5 Å². The van der Waals surface area contributed by atoms with E-state index in [4.69, 9.17) is 27.9 Å². The molecule has 1 atom stereocenters. The third kappa shape index (κ3) is 3.87. The van der Waals surface area contributed by atoms with Crippen molar-refractivity contribution >= 4 is 23.2 Å². The Kier molecular flexibility index (Phi) is 4.70. The number of rotatable bonds is 4. The van der Waals surface area contributed by atoms with E-state index in [1.807, 2.05) is 24.3 Å². The number of aliphatic hydroxyl groups is 1. The van der Waals surface area contributed by atoms with Crippen molar-refractivity contribution in [3.8, 4) is 5.75 Å². The van der Waals surface area contributed by atoms with Gasteiger partial charge < -0.3 is 9.84 Å². The highest BCUT2D eigenvalue weighted by Crippen LogP contribution is 2.28. The van der Waals surface area contributed by atoms with E-state index in [-0.39, 0.29) is 0 Å². The summed E-state index contributed by atoms with van der Waals surface area (Å²) in [5.74, 6) is 0.589. The number of aliphatic hydroxyl groups excluding tert-OH is 1. The van der Waals surface area contributed by atoms with Gasteiger partial charge in [-0.3, -0.25) is 0 Å². The van der Waals surface area contributed by atoms with Crippen molar-refractivity contribution in [2.24, 2.45) is 0 Å². The Bertz CT molecular complexity index is 568. The average molecular weight is 297 g/mol. The van der Waals surface area contributed by atoms with Gasteiger partial charge in [-0.15, -0.1) is 0 Å². The van der Waals surface area contributed by atoms with Crippen molar-refractivity contribution in [2.75, 3.05) is 0 Å².